The molecule has 1 saturated carbocycles. The van der Waals surface area contributed by atoms with Crippen LogP contribution in [0.25, 0.3) is 0 Å². The molecule has 6 nitrogen and oxygen atoms in total. The SMILES string of the molecule is COc1ccc(/C=N/n2c(C3CCCCC3)n[nH]c2=S)cc1OCc1ccccc1. The molecule has 0 radical (unpaired) electrons. The van der Waals surface area contributed by atoms with E-state index in [0.717, 1.165) is 29.8 Å². The van der Waals surface area contributed by atoms with Crippen molar-refractivity contribution in [1.82, 2.24) is 14.9 Å². The summed E-state index contributed by atoms with van der Waals surface area (Å²) in [6.07, 6.45) is 7.81. The lowest BCUT2D eigenvalue weighted by molar-refractivity contribution is 0.284. The number of benzene rings is 2. The number of hydrogen-bond acceptors (Lipinski definition) is 5. The highest BCUT2D eigenvalue weighted by atomic mass is 32.1. The highest BCUT2D eigenvalue weighted by molar-refractivity contribution is 7.71. The van der Waals surface area contributed by atoms with Crippen molar-refractivity contribution in [3.05, 3.63) is 70.3 Å². The first-order valence-electron chi connectivity index (χ1n) is 10.3. The molecule has 156 valence electrons. The second kappa shape index (κ2) is 9.71. The maximum absolute atomic E-state index is 6.00. The van der Waals surface area contributed by atoms with Gasteiger partial charge in [-0.1, -0.05) is 49.6 Å². The molecule has 0 amide bonds. The van der Waals surface area contributed by atoms with Crippen LogP contribution in [0.5, 0.6) is 11.5 Å². The zero-order valence-electron chi connectivity index (χ0n) is 17.1. The minimum atomic E-state index is 0.407. The van der Waals surface area contributed by atoms with Crippen molar-refractivity contribution in [1.29, 1.82) is 0 Å². The molecule has 2 aromatic carbocycles. The van der Waals surface area contributed by atoms with Crippen molar-refractivity contribution in [2.45, 2.75) is 44.6 Å². The van der Waals surface area contributed by atoms with Gasteiger partial charge < -0.3 is 9.47 Å². The van der Waals surface area contributed by atoms with Crippen LogP contribution in [0, 0.1) is 4.77 Å². The Morgan fingerprint density at radius 3 is 2.70 bits per heavy atom. The van der Waals surface area contributed by atoms with Crippen molar-refractivity contribution in [3.8, 4) is 11.5 Å². The van der Waals surface area contributed by atoms with Gasteiger partial charge in [-0.25, -0.2) is 0 Å². The maximum atomic E-state index is 6.00. The van der Waals surface area contributed by atoms with E-state index in [0.29, 0.717) is 28.8 Å². The van der Waals surface area contributed by atoms with E-state index in [2.05, 4.69) is 15.3 Å². The van der Waals surface area contributed by atoms with E-state index in [9.17, 15) is 0 Å². The molecule has 1 aromatic heterocycles. The average molecular weight is 423 g/mol. The lowest BCUT2D eigenvalue weighted by Crippen LogP contribution is -2.10. The quantitative estimate of drug-likeness (QED) is 0.406. The van der Waals surface area contributed by atoms with Crippen molar-refractivity contribution >= 4 is 18.4 Å². The van der Waals surface area contributed by atoms with Crippen LogP contribution in [-0.4, -0.2) is 28.2 Å². The molecule has 0 saturated heterocycles. The van der Waals surface area contributed by atoms with Crippen molar-refractivity contribution in [2.75, 3.05) is 7.11 Å². The third-order valence-electron chi connectivity index (χ3n) is 5.39. The Kier molecular flexibility index (Phi) is 6.59. The predicted octanol–water partition coefficient (Wildman–Crippen LogP) is 5.46. The number of nitrogens with one attached hydrogen (secondary N) is 1. The number of nitrogens with zero attached hydrogens (tertiary/aromatic N) is 3. The largest absolute Gasteiger partial charge is 0.493 e. The summed E-state index contributed by atoms with van der Waals surface area (Å²) in [6, 6.07) is 15.8. The Hall–Kier alpha value is -2.93. The smallest absolute Gasteiger partial charge is 0.216 e. The maximum Gasteiger partial charge on any atom is 0.216 e. The Labute approximate surface area is 181 Å². The number of aromatic nitrogens is 3. The standard InChI is InChI=1S/C23H26N4O2S/c1-28-20-13-12-18(14-21(20)29-16-17-8-4-2-5-9-17)15-24-27-22(25-26-23(27)30)19-10-6-3-7-11-19/h2,4-5,8-9,12-15,19H,3,6-7,10-11,16H2,1H3,(H,26,30)/b24-15+. The zero-order valence-corrected chi connectivity index (χ0v) is 17.9. The van der Waals surface area contributed by atoms with E-state index in [1.54, 1.807) is 18.0 Å². The number of aromatic amines is 1. The summed E-state index contributed by atoms with van der Waals surface area (Å²) in [5.74, 6) is 2.69. The van der Waals surface area contributed by atoms with Crippen LogP contribution in [0.4, 0.5) is 0 Å². The van der Waals surface area contributed by atoms with Crippen LogP contribution < -0.4 is 9.47 Å². The van der Waals surface area contributed by atoms with E-state index in [4.69, 9.17) is 21.7 Å². The van der Waals surface area contributed by atoms with Gasteiger partial charge in [0.1, 0.15) is 6.61 Å². The van der Waals surface area contributed by atoms with Gasteiger partial charge in [0.2, 0.25) is 4.77 Å². The molecule has 30 heavy (non-hydrogen) atoms. The van der Waals surface area contributed by atoms with Crippen molar-refractivity contribution in [2.24, 2.45) is 5.10 Å². The van der Waals surface area contributed by atoms with Gasteiger partial charge in [-0.05, 0) is 54.4 Å². The Bertz CT molecular complexity index is 1050. The van der Waals surface area contributed by atoms with Gasteiger partial charge in [0.15, 0.2) is 17.3 Å². The van der Waals surface area contributed by atoms with E-state index < -0.39 is 0 Å². The summed E-state index contributed by atoms with van der Waals surface area (Å²) in [4.78, 5) is 0. The fourth-order valence-corrected chi connectivity index (χ4v) is 3.97. The van der Waals surface area contributed by atoms with Gasteiger partial charge in [-0.3, -0.25) is 5.10 Å². The van der Waals surface area contributed by atoms with Crippen LogP contribution >= 0.6 is 12.2 Å². The molecule has 0 bridgehead atoms. The molecule has 1 heterocycles. The van der Waals surface area contributed by atoms with Gasteiger partial charge in [0, 0.05) is 5.92 Å². The molecule has 0 atom stereocenters. The first-order chi connectivity index (χ1) is 14.7. The normalized spacial score (nSPS) is 14.8. The first kappa shape index (κ1) is 20.3. The summed E-state index contributed by atoms with van der Waals surface area (Å²) in [6.45, 7) is 0.469. The minimum Gasteiger partial charge on any atom is -0.493 e. The molecule has 7 heteroatoms. The predicted molar refractivity (Wildman–Crippen MR) is 120 cm³/mol. The molecular formula is C23H26N4O2S. The van der Waals surface area contributed by atoms with Gasteiger partial charge in [0.25, 0.3) is 0 Å². The third kappa shape index (κ3) is 4.79. The minimum absolute atomic E-state index is 0.407. The second-order valence-electron chi connectivity index (χ2n) is 7.46. The Morgan fingerprint density at radius 1 is 1.13 bits per heavy atom. The zero-order chi connectivity index (χ0) is 20.8. The molecular weight excluding hydrogens is 396 g/mol. The summed E-state index contributed by atoms with van der Waals surface area (Å²) in [5.41, 5.74) is 2.00. The van der Waals surface area contributed by atoms with Crippen LogP contribution in [0.2, 0.25) is 0 Å². The van der Waals surface area contributed by atoms with Crippen LogP contribution in [-0.2, 0) is 6.61 Å². The van der Waals surface area contributed by atoms with Crippen molar-refractivity contribution in [3.63, 3.8) is 0 Å². The van der Waals surface area contributed by atoms with Crippen LogP contribution in [0.15, 0.2) is 53.6 Å². The van der Waals surface area contributed by atoms with Gasteiger partial charge >= 0.3 is 0 Å². The summed E-state index contributed by atoms with van der Waals surface area (Å²) < 4.78 is 13.7. The molecule has 1 fully saturated rings. The number of methoxy groups -OCH3 is 1. The summed E-state index contributed by atoms with van der Waals surface area (Å²) in [5, 5.41) is 12.0. The summed E-state index contributed by atoms with van der Waals surface area (Å²) >= 11 is 5.41. The first-order valence-corrected chi connectivity index (χ1v) is 10.7. The van der Waals surface area contributed by atoms with Gasteiger partial charge in [0.05, 0.1) is 13.3 Å². The van der Waals surface area contributed by atoms with Crippen molar-refractivity contribution < 1.29 is 9.47 Å². The second-order valence-corrected chi connectivity index (χ2v) is 7.85. The molecule has 3 aromatic rings. The third-order valence-corrected chi connectivity index (χ3v) is 5.66. The van der Waals surface area contributed by atoms with E-state index in [-0.39, 0.29) is 0 Å². The number of rotatable bonds is 7. The molecule has 1 aliphatic rings. The fraction of sp³-hybridized carbons (Fsp3) is 0.348. The number of H-pyrrole nitrogens is 1. The Morgan fingerprint density at radius 2 is 1.93 bits per heavy atom. The van der Waals surface area contributed by atoms with E-state index in [1.165, 1.54) is 19.3 Å². The summed E-state index contributed by atoms with van der Waals surface area (Å²) in [7, 11) is 1.64. The average Bonchev–Trinajstić information content (AvgIpc) is 3.18. The van der Waals surface area contributed by atoms with Gasteiger partial charge in [-0.2, -0.15) is 14.9 Å². The number of hydrogen-bond donors (Lipinski definition) is 1. The lowest BCUT2D eigenvalue weighted by atomic mass is 9.89. The number of ether oxygens (including phenoxy) is 2. The van der Waals surface area contributed by atoms with Gasteiger partial charge in [-0.15, -0.1) is 0 Å². The molecule has 1 aliphatic carbocycles. The molecule has 1 N–H and O–H groups in total. The molecule has 4 rings (SSSR count). The monoisotopic (exact) mass is 422 g/mol. The topological polar surface area (TPSA) is 64.4 Å². The highest BCUT2D eigenvalue weighted by Crippen LogP contribution is 2.32. The molecule has 0 spiro atoms. The van der Waals surface area contributed by atoms with E-state index in [1.807, 2.05) is 48.5 Å². The Balaban J connectivity index is 1.54. The fourth-order valence-electron chi connectivity index (χ4n) is 3.79. The lowest BCUT2D eigenvalue weighted by Gasteiger charge is -2.19. The molecule has 0 unspecified atom stereocenters. The highest BCUT2D eigenvalue weighted by Gasteiger charge is 2.21. The van der Waals surface area contributed by atoms with E-state index >= 15 is 0 Å². The van der Waals surface area contributed by atoms with Crippen LogP contribution in [0.1, 0.15) is 55.0 Å². The van der Waals surface area contributed by atoms with Crippen LogP contribution in [0.3, 0.4) is 0 Å². The molecule has 0 aliphatic heterocycles.